The van der Waals surface area contributed by atoms with Crippen molar-refractivity contribution in [1.29, 1.82) is 0 Å². The first-order chi connectivity index (χ1) is 7.00. The second-order valence-corrected chi connectivity index (χ2v) is 3.63. The molecule has 5 nitrogen and oxygen atoms in total. The molecule has 0 spiro atoms. The van der Waals surface area contributed by atoms with Crippen molar-refractivity contribution in [3.63, 3.8) is 0 Å². The maximum atomic E-state index is 11.4. The van der Waals surface area contributed by atoms with Crippen LogP contribution in [-0.2, 0) is 11.2 Å². The summed E-state index contributed by atoms with van der Waals surface area (Å²) < 4.78 is 4.94. The summed E-state index contributed by atoms with van der Waals surface area (Å²) in [6, 6.07) is 0. The summed E-state index contributed by atoms with van der Waals surface area (Å²) >= 11 is 0. The standard InChI is InChI=1S/C10H16N2O3/c1-6(13)5-11-10(14)4-9-7(2)12-15-8(9)3/h6,13H,4-5H2,1-3H3,(H,11,14)/t6-/m0/s1. The van der Waals surface area contributed by atoms with Gasteiger partial charge in [0.2, 0.25) is 5.91 Å². The summed E-state index contributed by atoms with van der Waals surface area (Å²) in [5, 5.41) is 15.4. The van der Waals surface area contributed by atoms with Gasteiger partial charge in [0.25, 0.3) is 0 Å². The van der Waals surface area contributed by atoms with E-state index in [1.807, 2.05) is 0 Å². The number of carbonyl (C=O) groups excluding carboxylic acids is 1. The Hall–Kier alpha value is -1.36. The van der Waals surface area contributed by atoms with Crippen LogP contribution in [0.4, 0.5) is 0 Å². The molecule has 0 aliphatic carbocycles. The Morgan fingerprint density at radius 1 is 1.60 bits per heavy atom. The Bertz CT molecular complexity index is 325. The van der Waals surface area contributed by atoms with Crippen LogP contribution in [0.5, 0.6) is 0 Å². The predicted octanol–water partition coefficient (Wildman–Crippen LogP) is 0.331. The number of nitrogens with one attached hydrogen (secondary N) is 1. The fourth-order valence-electron chi connectivity index (χ4n) is 1.24. The SMILES string of the molecule is Cc1noc(C)c1CC(=O)NC[C@H](C)O. The van der Waals surface area contributed by atoms with E-state index in [9.17, 15) is 4.79 Å². The fourth-order valence-corrected chi connectivity index (χ4v) is 1.24. The van der Waals surface area contributed by atoms with E-state index >= 15 is 0 Å². The summed E-state index contributed by atoms with van der Waals surface area (Å²) in [5.41, 5.74) is 1.55. The third-order valence-electron chi connectivity index (χ3n) is 2.11. The molecule has 0 unspecified atom stereocenters. The van der Waals surface area contributed by atoms with Gasteiger partial charge in [0.15, 0.2) is 0 Å². The number of amides is 1. The molecule has 0 aromatic carbocycles. The maximum Gasteiger partial charge on any atom is 0.224 e. The zero-order chi connectivity index (χ0) is 11.4. The average Bonchev–Trinajstić information content (AvgIpc) is 2.46. The van der Waals surface area contributed by atoms with Crippen LogP contribution in [0.2, 0.25) is 0 Å². The largest absolute Gasteiger partial charge is 0.392 e. The van der Waals surface area contributed by atoms with Crippen LogP contribution in [0.25, 0.3) is 0 Å². The van der Waals surface area contributed by atoms with Gasteiger partial charge in [-0.05, 0) is 20.8 Å². The lowest BCUT2D eigenvalue weighted by Crippen LogP contribution is -2.31. The summed E-state index contributed by atoms with van der Waals surface area (Å²) in [5.74, 6) is 0.532. The molecular weight excluding hydrogens is 196 g/mol. The molecule has 0 saturated heterocycles. The van der Waals surface area contributed by atoms with E-state index in [0.29, 0.717) is 5.76 Å². The first-order valence-electron chi connectivity index (χ1n) is 4.87. The maximum absolute atomic E-state index is 11.4. The van der Waals surface area contributed by atoms with Crippen LogP contribution in [0.3, 0.4) is 0 Å². The molecule has 0 aliphatic heterocycles. The molecule has 0 bridgehead atoms. The average molecular weight is 212 g/mol. The van der Waals surface area contributed by atoms with Crippen molar-refractivity contribution in [2.45, 2.75) is 33.3 Å². The van der Waals surface area contributed by atoms with Crippen LogP contribution < -0.4 is 5.32 Å². The molecule has 0 saturated carbocycles. The highest BCUT2D eigenvalue weighted by atomic mass is 16.5. The minimum atomic E-state index is -0.529. The lowest BCUT2D eigenvalue weighted by molar-refractivity contribution is -0.120. The quantitative estimate of drug-likeness (QED) is 0.754. The summed E-state index contributed by atoms with van der Waals surface area (Å²) in [6.07, 6.45) is -0.285. The van der Waals surface area contributed by atoms with Crippen molar-refractivity contribution in [2.75, 3.05) is 6.54 Å². The van der Waals surface area contributed by atoms with Crippen molar-refractivity contribution in [2.24, 2.45) is 0 Å². The molecule has 5 heteroatoms. The Morgan fingerprint density at radius 3 is 2.73 bits per heavy atom. The van der Waals surface area contributed by atoms with E-state index in [-0.39, 0.29) is 18.9 Å². The smallest absolute Gasteiger partial charge is 0.224 e. The Kier molecular flexibility index (Phi) is 3.85. The molecule has 1 heterocycles. The highest BCUT2D eigenvalue weighted by Gasteiger charge is 2.13. The van der Waals surface area contributed by atoms with Gasteiger partial charge >= 0.3 is 0 Å². The second kappa shape index (κ2) is 4.93. The zero-order valence-corrected chi connectivity index (χ0v) is 9.20. The summed E-state index contributed by atoms with van der Waals surface area (Å²) in [4.78, 5) is 11.4. The van der Waals surface area contributed by atoms with E-state index in [4.69, 9.17) is 9.63 Å². The number of aliphatic hydroxyl groups excluding tert-OH is 1. The van der Waals surface area contributed by atoms with Gasteiger partial charge < -0.3 is 14.9 Å². The Morgan fingerprint density at radius 2 is 2.27 bits per heavy atom. The highest BCUT2D eigenvalue weighted by molar-refractivity contribution is 5.78. The highest BCUT2D eigenvalue weighted by Crippen LogP contribution is 2.12. The molecule has 0 aliphatic rings. The van der Waals surface area contributed by atoms with Crippen LogP contribution in [0.1, 0.15) is 23.9 Å². The van der Waals surface area contributed by atoms with Gasteiger partial charge in [-0.15, -0.1) is 0 Å². The number of carbonyl (C=O) groups is 1. The third kappa shape index (κ3) is 3.36. The molecule has 15 heavy (non-hydrogen) atoms. The van der Waals surface area contributed by atoms with Gasteiger partial charge in [0.1, 0.15) is 5.76 Å². The molecule has 1 amide bonds. The van der Waals surface area contributed by atoms with E-state index in [1.165, 1.54) is 0 Å². The number of aliphatic hydroxyl groups is 1. The number of hydrogen-bond donors (Lipinski definition) is 2. The van der Waals surface area contributed by atoms with Crippen LogP contribution >= 0.6 is 0 Å². The zero-order valence-electron chi connectivity index (χ0n) is 9.20. The van der Waals surface area contributed by atoms with Crippen LogP contribution in [0, 0.1) is 13.8 Å². The lowest BCUT2D eigenvalue weighted by Gasteiger charge is -2.06. The molecule has 1 atom stereocenters. The minimum absolute atomic E-state index is 0.134. The van der Waals surface area contributed by atoms with Crippen molar-refractivity contribution in [3.05, 3.63) is 17.0 Å². The van der Waals surface area contributed by atoms with Gasteiger partial charge in [-0.25, -0.2) is 0 Å². The molecule has 1 aromatic rings. The van der Waals surface area contributed by atoms with Gasteiger partial charge in [0, 0.05) is 12.1 Å². The molecule has 84 valence electrons. The molecule has 0 radical (unpaired) electrons. The van der Waals surface area contributed by atoms with Crippen molar-refractivity contribution in [3.8, 4) is 0 Å². The van der Waals surface area contributed by atoms with E-state index in [0.717, 1.165) is 11.3 Å². The molecule has 2 N–H and O–H groups in total. The summed E-state index contributed by atoms with van der Waals surface area (Å²) in [7, 11) is 0. The van der Waals surface area contributed by atoms with Gasteiger partial charge in [-0.2, -0.15) is 0 Å². The second-order valence-electron chi connectivity index (χ2n) is 3.63. The molecule has 0 fully saturated rings. The number of rotatable bonds is 4. The topological polar surface area (TPSA) is 75.4 Å². The molecule has 1 aromatic heterocycles. The van der Waals surface area contributed by atoms with Crippen molar-refractivity contribution >= 4 is 5.91 Å². The fraction of sp³-hybridized carbons (Fsp3) is 0.600. The van der Waals surface area contributed by atoms with Crippen LogP contribution in [-0.4, -0.2) is 28.8 Å². The van der Waals surface area contributed by atoms with Crippen molar-refractivity contribution in [1.82, 2.24) is 10.5 Å². The molecule has 1 rings (SSSR count). The third-order valence-corrected chi connectivity index (χ3v) is 2.11. The first-order valence-corrected chi connectivity index (χ1v) is 4.87. The number of aryl methyl sites for hydroxylation is 2. The number of aromatic nitrogens is 1. The van der Waals surface area contributed by atoms with E-state index in [1.54, 1.807) is 20.8 Å². The monoisotopic (exact) mass is 212 g/mol. The predicted molar refractivity (Wildman–Crippen MR) is 54.4 cm³/mol. The van der Waals surface area contributed by atoms with E-state index < -0.39 is 6.10 Å². The van der Waals surface area contributed by atoms with Crippen molar-refractivity contribution < 1.29 is 14.4 Å². The Labute approximate surface area is 88.5 Å². The number of nitrogens with zero attached hydrogens (tertiary/aromatic N) is 1. The normalized spacial score (nSPS) is 12.5. The molecular formula is C10H16N2O3. The first kappa shape index (κ1) is 11.7. The Balaban J connectivity index is 2.51. The number of hydrogen-bond acceptors (Lipinski definition) is 4. The van der Waals surface area contributed by atoms with Crippen LogP contribution in [0.15, 0.2) is 4.52 Å². The van der Waals surface area contributed by atoms with E-state index in [2.05, 4.69) is 10.5 Å². The minimum Gasteiger partial charge on any atom is -0.392 e. The van der Waals surface area contributed by atoms with Gasteiger partial charge in [0.05, 0.1) is 18.2 Å². The van der Waals surface area contributed by atoms with Gasteiger partial charge in [-0.3, -0.25) is 4.79 Å². The summed E-state index contributed by atoms with van der Waals surface area (Å²) in [6.45, 7) is 5.46. The lowest BCUT2D eigenvalue weighted by atomic mass is 10.1. The van der Waals surface area contributed by atoms with Gasteiger partial charge in [-0.1, -0.05) is 5.16 Å².